The second-order valence-electron chi connectivity index (χ2n) is 4.62. The second kappa shape index (κ2) is 7.79. The van der Waals surface area contributed by atoms with Crippen molar-refractivity contribution in [3.8, 4) is 5.75 Å². The van der Waals surface area contributed by atoms with E-state index in [1.54, 1.807) is 19.2 Å². The Morgan fingerprint density at radius 3 is 2.78 bits per heavy atom. The Hall–Kier alpha value is -3.09. The molecule has 0 unspecified atom stereocenters. The number of H-pyrrole nitrogens is 1. The maximum atomic E-state index is 11.7. The van der Waals surface area contributed by atoms with Crippen LogP contribution in [0.3, 0.4) is 0 Å². The summed E-state index contributed by atoms with van der Waals surface area (Å²) in [6.45, 7) is -0.184. The summed E-state index contributed by atoms with van der Waals surface area (Å²) in [5, 5.41) is 2.61. The van der Waals surface area contributed by atoms with Crippen molar-refractivity contribution in [2.45, 2.75) is 6.54 Å². The molecule has 120 valence electrons. The normalized spacial score (nSPS) is 9.96. The van der Waals surface area contributed by atoms with Crippen molar-refractivity contribution in [1.82, 2.24) is 10.3 Å². The summed E-state index contributed by atoms with van der Waals surface area (Å²) in [6.07, 6.45) is 1.40. The van der Waals surface area contributed by atoms with Gasteiger partial charge < -0.3 is 19.8 Å². The molecule has 0 spiro atoms. The Bertz CT molecular complexity index is 754. The Morgan fingerprint density at radius 2 is 2.04 bits per heavy atom. The van der Waals surface area contributed by atoms with E-state index in [2.05, 4.69) is 10.3 Å². The largest absolute Gasteiger partial charge is 0.497 e. The van der Waals surface area contributed by atoms with Crippen LogP contribution < -0.4 is 15.6 Å². The van der Waals surface area contributed by atoms with E-state index in [1.165, 1.54) is 18.3 Å². The van der Waals surface area contributed by atoms with Gasteiger partial charge in [-0.1, -0.05) is 12.1 Å². The van der Waals surface area contributed by atoms with Gasteiger partial charge in [-0.15, -0.1) is 0 Å². The zero-order valence-electron chi connectivity index (χ0n) is 12.5. The Morgan fingerprint density at radius 1 is 1.22 bits per heavy atom. The zero-order valence-corrected chi connectivity index (χ0v) is 12.5. The molecule has 0 aliphatic heterocycles. The molecule has 0 aliphatic carbocycles. The lowest BCUT2D eigenvalue weighted by molar-refractivity contribution is -0.124. The number of ether oxygens (including phenoxy) is 2. The van der Waals surface area contributed by atoms with Crippen LogP contribution in [-0.2, 0) is 16.1 Å². The average molecular weight is 316 g/mol. The highest BCUT2D eigenvalue weighted by atomic mass is 16.5. The molecule has 0 bridgehead atoms. The number of methoxy groups -OCH3 is 1. The zero-order chi connectivity index (χ0) is 16.7. The molecule has 0 saturated heterocycles. The number of carbonyl (C=O) groups excluding carboxylic acids is 2. The fourth-order valence-electron chi connectivity index (χ4n) is 1.83. The molecular formula is C16H16N2O5. The Balaban J connectivity index is 1.82. The summed E-state index contributed by atoms with van der Waals surface area (Å²) < 4.78 is 9.89. The second-order valence-corrected chi connectivity index (χ2v) is 4.62. The van der Waals surface area contributed by atoms with E-state index in [9.17, 15) is 14.4 Å². The van der Waals surface area contributed by atoms with Crippen LogP contribution in [0.15, 0.2) is 47.4 Å². The van der Waals surface area contributed by atoms with Crippen LogP contribution in [0, 0.1) is 0 Å². The fraction of sp³-hybridized carbons (Fsp3) is 0.188. The third kappa shape index (κ3) is 4.70. The molecule has 2 aromatic rings. The predicted molar refractivity (Wildman–Crippen MR) is 82.2 cm³/mol. The molecule has 0 atom stereocenters. The molecule has 23 heavy (non-hydrogen) atoms. The molecule has 0 radical (unpaired) electrons. The van der Waals surface area contributed by atoms with E-state index in [0.717, 1.165) is 5.56 Å². The first-order valence-corrected chi connectivity index (χ1v) is 6.84. The molecule has 1 heterocycles. The molecule has 1 amide bonds. The number of benzene rings is 1. The third-order valence-corrected chi connectivity index (χ3v) is 3.00. The number of nitrogens with one attached hydrogen (secondary N) is 2. The van der Waals surface area contributed by atoms with Crippen LogP contribution in [-0.4, -0.2) is 30.6 Å². The number of pyridine rings is 1. The SMILES string of the molecule is COc1cccc(CNC(=O)COC(=O)c2ccc[nH]c2=O)c1. The first-order chi connectivity index (χ1) is 11.1. The average Bonchev–Trinajstić information content (AvgIpc) is 2.58. The smallest absolute Gasteiger partial charge is 0.344 e. The molecule has 0 fully saturated rings. The topological polar surface area (TPSA) is 97.5 Å². The van der Waals surface area contributed by atoms with Crippen molar-refractivity contribution in [2.24, 2.45) is 0 Å². The van der Waals surface area contributed by atoms with Gasteiger partial charge >= 0.3 is 5.97 Å². The lowest BCUT2D eigenvalue weighted by Gasteiger charge is -2.07. The molecule has 7 heteroatoms. The number of rotatable bonds is 6. The first kappa shape index (κ1) is 16.3. The highest BCUT2D eigenvalue weighted by Gasteiger charge is 2.13. The van der Waals surface area contributed by atoms with Gasteiger partial charge in [0.1, 0.15) is 11.3 Å². The van der Waals surface area contributed by atoms with Crippen molar-refractivity contribution in [2.75, 3.05) is 13.7 Å². The number of amides is 1. The minimum absolute atomic E-state index is 0.145. The van der Waals surface area contributed by atoms with Crippen LogP contribution in [0.2, 0.25) is 0 Å². The van der Waals surface area contributed by atoms with E-state index in [-0.39, 0.29) is 12.1 Å². The highest BCUT2D eigenvalue weighted by Crippen LogP contribution is 2.12. The Kier molecular flexibility index (Phi) is 5.51. The fourth-order valence-corrected chi connectivity index (χ4v) is 1.83. The minimum Gasteiger partial charge on any atom is -0.497 e. The standard InChI is InChI=1S/C16H16N2O5/c1-22-12-5-2-4-11(8-12)9-18-14(19)10-23-16(21)13-6-3-7-17-15(13)20/h2-8H,9-10H2,1H3,(H,17,20)(H,18,19). The van der Waals surface area contributed by atoms with Crippen LogP contribution in [0.1, 0.15) is 15.9 Å². The lowest BCUT2D eigenvalue weighted by atomic mass is 10.2. The summed E-state index contributed by atoms with van der Waals surface area (Å²) in [4.78, 5) is 37.1. The molecule has 1 aromatic carbocycles. The van der Waals surface area contributed by atoms with Gasteiger partial charge in [-0.05, 0) is 29.8 Å². The number of hydrogen-bond acceptors (Lipinski definition) is 5. The van der Waals surface area contributed by atoms with Gasteiger partial charge in [0.05, 0.1) is 7.11 Å². The molecule has 2 N–H and O–H groups in total. The van der Waals surface area contributed by atoms with E-state index < -0.39 is 24.0 Å². The molecule has 0 saturated carbocycles. The van der Waals surface area contributed by atoms with E-state index in [4.69, 9.17) is 9.47 Å². The number of aromatic amines is 1. The van der Waals surface area contributed by atoms with Gasteiger partial charge in [0.2, 0.25) is 0 Å². The monoisotopic (exact) mass is 316 g/mol. The summed E-state index contributed by atoms with van der Waals surface area (Å²) >= 11 is 0. The third-order valence-electron chi connectivity index (χ3n) is 3.00. The highest BCUT2D eigenvalue weighted by molar-refractivity contribution is 5.90. The summed E-state index contributed by atoms with van der Waals surface area (Å²) in [5.74, 6) is -0.622. The molecule has 0 aliphatic rings. The molecule has 2 rings (SSSR count). The minimum atomic E-state index is -0.844. The summed E-state index contributed by atoms with van der Waals surface area (Å²) in [5.41, 5.74) is 0.144. The quantitative estimate of drug-likeness (QED) is 0.770. The van der Waals surface area contributed by atoms with Crippen LogP contribution in [0.4, 0.5) is 0 Å². The summed E-state index contributed by atoms with van der Waals surface area (Å²) in [7, 11) is 1.56. The molecule has 1 aromatic heterocycles. The first-order valence-electron chi connectivity index (χ1n) is 6.84. The van der Waals surface area contributed by atoms with Crippen molar-refractivity contribution < 1.29 is 19.1 Å². The maximum Gasteiger partial charge on any atom is 0.344 e. The van der Waals surface area contributed by atoms with E-state index in [0.29, 0.717) is 5.75 Å². The molecule has 7 nitrogen and oxygen atoms in total. The van der Waals surface area contributed by atoms with Crippen molar-refractivity contribution >= 4 is 11.9 Å². The lowest BCUT2D eigenvalue weighted by Crippen LogP contribution is -2.29. The summed E-state index contributed by atoms with van der Waals surface area (Å²) in [6, 6.07) is 10.1. The Labute approximate surface area is 132 Å². The number of esters is 1. The van der Waals surface area contributed by atoms with Crippen molar-refractivity contribution in [3.63, 3.8) is 0 Å². The number of aromatic nitrogens is 1. The van der Waals surface area contributed by atoms with Gasteiger partial charge in [0.25, 0.3) is 11.5 Å². The number of hydrogen-bond donors (Lipinski definition) is 2. The van der Waals surface area contributed by atoms with Crippen LogP contribution >= 0.6 is 0 Å². The van der Waals surface area contributed by atoms with Gasteiger partial charge in [0.15, 0.2) is 6.61 Å². The van der Waals surface area contributed by atoms with Gasteiger partial charge in [0, 0.05) is 12.7 Å². The van der Waals surface area contributed by atoms with E-state index in [1.807, 2.05) is 12.1 Å². The van der Waals surface area contributed by atoms with Crippen molar-refractivity contribution in [1.29, 1.82) is 0 Å². The van der Waals surface area contributed by atoms with Gasteiger partial charge in [-0.3, -0.25) is 9.59 Å². The van der Waals surface area contributed by atoms with Gasteiger partial charge in [-0.2, -0.15) is 0 Å². The van der Waals surface area contributed by atoms with Gasteiger partial charge in [-0.25, -0.2) is 4.79 Å². The maximum absolute atomic E-state index is 11.7. The predicted octanol–water partition coefficient (Wildman–Crippen LogP) is 0.857. The van der Waals surface area contributed by atoms with E-state index >= 15 is 0 Å². The molecular weight excluding hydrogens is 300 g/mol. The van der Waals surface area contributed by atoms with Crippen LogP contribution in [0.25, 0.3) is 0 Å². The van der Waals surface area contributed by atoms with Crippen LogP contribution in [0.5, 0.6) is 5.75 Å². The number of carbonyl (C=O) groups is 2. The van der Waals surface area contributed by atoms with Crippen molar-refractivity contribution in [3.05, 3.63) is 64.1 Å².